The molecule has 3 rings (SSSR count). The predicted octanol–water partition coefficient (Wildman–Crippen LogP) is 6.04. The number of rotatable bonds is 15. The average molecular weight is 623 g/mol. The molecule has 2 atom stereocenters. The third-order valence-electron chi connectivity index (χ3n) is 8.38. The summed E-state index contributed by atoms with van der Waals surface area (Å²) in [6.07, 6.45) is 0.843. The van der Waals surface area contributed by atoms with Gasteiger partial charge in [-0.1, -0.05) is 57.2 Å². The molecule has 0 aliphatic carbocycles. The molecule has 0 saturated heterocycles. The van der Waals surface area contributed by atoms with E-state index in [4.69, 9.17) is 13.9 Å². The Bertz CT molecular complexity index is 1390. The quantitative estimate of drug-likeness (QED) is 0.153. The molecule has 3 aromatic carbocycles. The highest BCUT2D eigenvalue weighted by molar-refractivity contribution is 6.74. The van der Waals surface area contributed by atoms with Gasteiger partial charge in [0.15, 0.2) is 19.8 Å². The molecule has 0 heterocycles. The van der Waals surface area contributed by atoms with E-state index in [1.807, 2.05) is 42.5 Å². The van der Waals surface area contributed by atoms with Gasteiger partial charge in [0, 0.05) is 24.7 Å². The van der Waals surface area contributed by atoms with E-state index in [1.54, 1.807) is 20.3 Å². The molecule has 0 aliphatic heterocycles. The first-order valence-corrected chi connectivity index (χ1v) is 18.1. The molecule has 4 N–H and O–H groups in total. The molecule has 0 radical (unpaired) electrons. The molecule has 3 aromatic rings. The van der Waals surface area contributed by atoms with Crippen molar-refractivity contribution in [1.82, 2.24) is 10.6 Å². The zero-order valence-electron chi connectivity index (χ0n) is 27.5. The molecule has 0 fully saturated rings. The number of aromatic hydroxyl groups is 1. The Morgan fingerprint density at radius 2 is 1.64 bits per heavy atom. The Morgan fingerprint density at radius 1 is 0.932 bits per heavy atom. The third-order valence-corrected chi connectivity index (χ3v) is 12.9. The lowest BCUT2D eigenvalue weighted by Gasteiger charge is -2.40. The van der Waals surface area contributed by atoms with E-state index in [-0.39, 0.29) is 35.4 Å². The summed E-state index contributed by atoms with van der Waals surface area (Å²) in [6, 6.07) is 19.2. The molecular formula is C35H50N2O6Si. The molecule has 9 heteroatoms. The van der Waals surface area contributed by atoms with Gasteiger partial charge in [0.2, 0.25) is 5.91 Å². The highest BCUT2D eigenvalue weighted by atomic mass is 28.4. The molecule has 0 unspecified atom stereocenters. The van der Waals surface area contributed by atoms with E-state index in [0.717, 1.165) is 28.7 Å². The van der Waals surface area contributed by atoms with Crippen molar-refractivity contribution < 1.29 is 28.9 Å². The molecule has 0 bridgehead atoms. The minimum Gasteiger partial charge on any atom is -0.508 e. The van der Waals surface area contributed by atoms with Crippen LogP contribution in [-0.2, 0) is 35.2 Å². The second-order valence-corrected chi connectivity index (χ2v) is 17.6. The zero-order valence-corrected chi connectivity index (χ0v) is 28.5. The lowest BCUT2D eigenvalue weighted by Crippen LogP contribution is -2.44. The van der Waals surface area contributed by atoms with Crippen molar-refractivity contribution in [2.24, 2.45) is 0 Å². The minimum absolute atomic E-state index is 0.0296. The predicted molar refractivity (Wildman–Crippen MR) is 178 cm³/mol. The Labute approximate surface area is 263 Å². The van der Waals surface area contributed by atoms with Crippen LogP contribution in [0.5, 0.6) is 17.2 Å². The van der Waals surface area contributed by atoms with Gasteiger partial charge in [-0.15, -0.1) is 0 Å². The van der Waals surface area contributed by atoms with E-state index in [2.05, 4.69) is 63.6 Å². The van der Waals surface area contributed by atoms with E-state index in [9.17, 15) is 15.0 Å². The summed E-state index contributed by atoms with van der Waals surface area (Å²) in [6.45, 7) is 14.0. The summed E-state index contributed by atoms with van der Waals surface area (Å²) < 4.78 is 17.5. The van der Waals surface area contributed by atoms with Crippen molar-refractivity contribution in [1.29, 1.82) is 0 Å². The first-order chi connectivity index (χ1) is 20.8. The molecule has 44 heavy (non-hydrogen) atoms. The van der Waals surface area contributed by atoms with Crippen LogP contribution in [0.1, 0.15) is 61.6 Å². The van der Waals surface area contributed by atoms with Gasteiger partial charge in [-0.25, -0.2) is 0 Å². The lowest BCUT2D eigenvalue weighted by atomic mass is 10.0. The van der Waals surface area contributed by atoms with Gasteiger partial charge in [0.05, 0.1) is 33.4 Å². The Kier molecular flexibility index (Phi) is 12.4. The maximum atomic E-state index is 12.7. The number of methoxy groups -OCH3 is 2. The van der Waals surface area contributed by atoms with Crippen molar-refractivity contribution in [3.63, 3.8) is 0 Å². The monoisotopic (exact) mass is 622 g/mol. The van der Waals surface area contributed by atoms with Crippen LogP contribution in [0.3, 0.4) is 0 Å². The zero-order chi connectivity index (χ0) is 32.5. The SMILES string of the molecule is COc1ccc(CNC(=O)Cc2cccc(C[C@@H](C)NC[C@H](O[Si](C)(C)C(C)(C)C)c3ccc(O)c(CO)c3)c2)cc1OC. The summed E-state index contributed by atoms with van der Waals surface area (Å²) in [4.78, 5) is 12.7. The van der Waals surface area contributed by atoms with Crippen molar-refractivity contribution in [3.05, 3.63) is 88.5 Å². The smallest absolute Gasteiger partial charge is 0.224 e. The Balaban J connectivity index is 1.61. The highest BCUT2D eigenvalue weighted by Gasteiger charge is 2.39. The second-order valence-electron chi connectivity index (χ2n) is 12.9. The normalized spacial score (nSPS) is 13.3. The molecule has 0 spiro atoms. The summed E-state index contributed by atoms with van der Waals surface area (Å²) in [5, 5.41) is 26.5. The number of aliphatic hydroxyl groups is 1. The first kappa shape index (κ1) is 35.1. The minimum atomic E-state index is -2.11. The van der Waals surface area contributed by atoms with E-state index >= 15 is 0 Å². The van der Waals surface area contributed by atoms with Gasteiger partial charge >= 0.3 is 0 Å². The van der Waals surface area contributed by atoms with Crippen LogP contribution < -0.4 is 20.1 Å². The van der Waals surface area contributed by atoms with E-state index in [0.29, 0.717) is 36.6 Å². The number of hydrogen-bond acceptors (Lipinski definition) is 7. The summed E-state index contributed by atoms with van der Waals surface area (Å²) in [7, 11) is 1.07. The van der Waals surface area contributed by atoms with Crippen LogP contribution in [0.25, 0.3) is 0 Å². The van der Waals surface area contributed by atoms with Crippen LogP contribution in [-0.4, -0.2) is 51.2 Å². The number of phenols is 1. The van der Waals surface area contributed by atoms with Gasteiger partial charge in [0.1, 0.15) is 5.75 Å². The standard InChI is InChI=1S/C35H50N2O6Si/c1-24(36-22-33(43-44(7,8)35(2,3)4)28-13-14-30(39)29(20-28)23-38)16-25-10-9-11-26(17-25)19-34(40)37-21-27-12-15-31(41-5)32(18-27)42-6/h9-15,17-18,20,24,33,36,38-39H,16,19,21-23H2,1-8H3,(H,37,40)/t24-,33+/m1/s1. The third kappa shape index (κ3) is 9.82. The number of carbonyl (C=O) groups excluding carboxylic acids is 1. The largest absolute Gasteiger partial charge is 0.508 e. The van der Waals surface area contributed by atoms with E-state index in [1.165, 1.54) is 0 Å². The summed E-state index contributed by atoms with van der Waals surface area (Å²) in [5.41, 5.74) is 4.45. The molecule has 8 nitrogen and oxygen atoms in total. The molecule has 1 amide bonds. The number of benzene rings is 3. The van der Waals surface area contributed by atoms with E-state index < -0.39 is 8.32 Å². The maximum Gasteiger partial charge on any atom is 0.224 e. The molecule has 0 saturated carbocycles. The van der Waals surface area contributed by atoms with Crippen LogP contribution in [0.2, 0.25) is 18.1 Å². The van der Waals surface area contributed by atoms with Crippen molar-refractivity contribution >= 4 is 14.2 Å². The summed E-state index contributed by atoms with van der Waals surface area (Å²) in [5.74, 6) is 1.31. The Morgan fingerprint density at radius 3 is 2.30 bits per heavy atom. The second kappa shape index (κ2) is 15.6. The molecule has 0 aromatic heterocycles. The fourth-order valence-corrected chi connectivity index (χ4v) is 6.02. The van der Waals surface area contributed by atoms with Crippen LogP contribution in [0.4, 0.5) is 0 Å². The number of carbonyl (C=O) groups is 1. The number of aliphatic hydroxyl groups excluding tert-OH is 1. The number of nitrogens with one attached hydrogen (secondary N) is 2. The number of hydrogen-bond donors (Lipinski definition) is 4. The van der Waals surface area contributed by atoms with Gasteiger partial charge in [-0.3, -0.25) is 4.79 Å². The van der Waals surface area contributed by atoms with Gasteiger partial charge in [0.25, 0.3) is 0 Å². The average Bonchev–Trinajstić information content (AvgIpc) is 2.97. The van der Waals surface area contributed by atoms with Crippen molar-refractivity contribution in [3.8, 4) is 17.2 Å². The Hall–Kier alpha value is -3.37. The molecular weight excluding hydrogens is 572 g/mol. The van der Waals surface area contributed by atoms with Crippen LogP contribution in [0.15, 0.2) is 60.7 Å². The van der Waals surface area contributed by atoms with Gasteiger partial charge in [-0.2, -0.15) is 0 Å². The number of ether oxygens (including phenoxy) is 2. The molecule has 240 valence electrons. The van der Waals surface area contributed by atoms with Crippen molar-refractivity contribution in [2.75, 3.05) is 20.8 Å². The van der Waals surface area contributed by atoms with Crippen LogP contribution >= 0.6 is 0 Å². The topological polar surface area (TPSA) is 109 Å². The van der Waals surface area contributed by atoms with Gasteiger partial charge < -0.3 is 34.7 Å². The summed E-state index contributed by atoms with van der Waals surface area (Å²) >= 11 is 0. The fourth-order valence-electron chi connectivity index (χ4n) is 4.73. The lowest BCUT2D eigenvalue weighted by molar-refractivity contribution is -0.120. The van der Waals surface area contributed by atoms with Crippen LogP contribution in [0, 0.1) is 0 Å². The number of amides is 1. The van der Waals surface area contributed by atoms with Gasteiger partial charge in [-0.05, 0) is 78.0 Å². The molecule has 0 aliphatic rings. The first-order valence-electron chi connectivity index (χ1n) is 15.2. The fraction of sp³-hybridized carbons (Fsp3) is 0.457. The maximum absolute atomic E-state index is 12.7. The highest BCUT2D eigenvalue weighted by Crippen LogP contribution is 2.40. The van der Waals surface area contributed by atoms with Crippen molar-refractivity contribution in [2.45, 2.75) is 84.0 Å².